The van der Waals surface area contributed by atoms with Gasteiger partial charge in [0.1, 0.15) is 0 Å². The normalized spacial score (nSPS) is 64.0. The minimum absolute atomic E-state index is 0.857. The summed E-state index contributed by atoms with van der Waals surface area (Å²) in [5.41, 5.74) is 0.857. The summed E-state index contributed by atoms with van der Waals surface area (Å²) in [6, 6.07) is 0. The summed E-state index contributed by atoms with van der Waals surface area (Å²) >= 11 is 0. The summed E-state index contributed by atoms with van der Waals surface area (Å²) < 4.78 is 0. The monoisotopic (exact) mass is 246 g/mol. The molecule has 0 heterocycles. The fourth-order valence-corrected chi connectivity index (χ4v) is 7.48. The topological polar surface area (TPSA) is 0 Å². The molecule has 4 saturated carbocycles. The lowest BCUT2D eigenvalue weighted by atomic mass is 9.48. The second-order valence-corrected chi connectivity index (χ2v) is 8.21. The Labute approximate surface area is 113 Å². The van der Waals surface area contributed by atoms with Crippen molar-refractivity contribution in [3.05, 3.63) is 0 Å². The van der Waals surface area contributed by atoms with Crippen LogP contribution in [0.4, 0.5) is 0 Å². The highest BCUT2D eigenvalue weighted by molar-refractivity contribution is 5.31. The number of hydrogen-bond acceptors (Lipinski definition) is 0. The van der Waals surface area contributed by atoms with E-state index in [9.17, 15) is 0 Å². The van der Waals surface area contributed by atoms with Crippen molar-refractivity contribution in [2.45, 2.75) is 59.8 Å². The maximum atomic E-state index is 2.64. The molecule has 0 aromatic rings. The lowest BCUT2D eigenvalue weighted by Crippen LogP contribution is -2.51. The van der Waals surface area contributed by atoms with Crippen LogP contribution >= 0.6 is 0 Å². The summed E-state index contributed by atoms with van der Waals surface area (Å²) in [5.74, 6) is 8.84. The smallest absolute Gasteiger partial charge is 0.0170 e. The molecule has 0 aromatic carbocycles. The van der Waals surface area contributed by atoms with Crippen LogP contribution in [0.3, 0.4) is 0 Å². The molecule has 0 heteroatoms. The van der Waals surface area contributed by atoms with Gasteiger partial charge in [0.05, 0.1) is 0 Å². The highest BCUT2D eigenvalue weighted by Crippen LogP contribution is 2.88. The van der Waals surface area contributed by atoms with Gasteiger partial charge in [0.15, 0.2) is 0 Å². The molecule has 0 amide bonds. The van der Waals surface area contributed by atoms with Crippen LogP contribution < -0.4 is 0 Å². The Morgan fingerprint density at radius 3 is 2.22 bits per heavy atom. The highest BCUT2D eigenvalue weighted by Gasteiger charge is 2.84. The maximum absolute atomic E-state index is 2.64. The molecule has 0 aliphatic heterocycles. The second-order valence-electron chi connectivity index (χ2n) is 8.21. The standard InChI is InChI=1S/C18H30/c1-5-6-7-15-11(3)17-16-10(2)13-8-9-14(13)12(4)18(15,16)17/h10-17H,5-9H2,1-4H3. The lowest BCUT2D eigenvalue weighted by Gasteiger charge is -2.56. The van der Waals surface area contributed by atoms with Crippen LogP contribution in [-0.4, -0.2) is 0 Å². The van der Waals surface area contributed by atoms with Gasteiger partial charge in [-0.05, 0) is 72.0 Å². The first-order valence-electron chi connectivity index (χ1n) is 8.65. The summed E-state index contributed by atoms with van der Waals surface area (Å²) in [7, 11) is 0. The van der Waals surface area contributed by atoms with E-state index in [1.54, 1.807) is 19.3 Å². The predicted octanol–water partition coefficient (Wildman–Crippen LogP) is 4.99. The van der Waals surface area contributed by atoms with E-state index in [0.29, 0.717) is 0 Å². The van der Waals surface area contributed by atoms with Gasteiger partial charge < -0.3 is 0 Å². The Morgan fingerprint density at radius 2 is 1.61 bits per heavy atom. The molecule has 9 atom stereocenters. The molecule has 0 saturated heterocycles. The lowest BCUT2D eigenvalue weighted by molar-refractivity contribution is -0.0854. The molecule has 0 nitrogen and oxygen atoms in total. The molecule has 1 spiro atoms. The third-order valence-corrected chi connectivity index (χ3v) is 8.20. The van der Waals surface area contributed by atoms with Crippen molar-refractivity contribution in [2.75, 3.05) is 0 Å². The van der Waals surface area contributed by atoms with Crippen LogP contribution in [0.5, 0.6) is 0 Å². The van der Waals surface area contributed by atoms with E-state index < -0.39 is 0 Å². The molecule has 0 bridgehead atoms. The average Bonchev–Trinajstić information content (AvgIpc) is 2.92. The summed E-state index contributed by atoms with van der Waals surface area (Å²) in [6.07, 6.45) is 7.53. The largest absolute Gasteiger partial charge is 0.0654 e. The molecule has 9 unspecified atom stereocenters. The number of unbranched alkanes of at least 4 members (excludes halogenated alkanes) is 1. The first-order chi connectivity index (χ1) is 8.65. The van der Waals surface area contributed by atoms with Gasteiger partial charge in [0.25, 0.3) is 0 Å². The molecule has 4 fully saturated rings. The van der Waals surface area contributed by atoms with Gasteiger partial charge in [-0.15, -0.1) is 0 Å². The Bertz CT molecular complexity index is 359. The Hall–Kier alpha value is 0. The molecule has 4 aliphatic rings. The number of rotatable bonds is 3. The van der Waals surface area contributed by atoms with E-state index in [1.165, 1.54) is 12.8 Å². The van der Waals surface area contributed by atoms with E-state index in [4.69, 9.17) is 0 Å². The molecule has 18 heavy (non-hydrogen) atoms. The predicted molar refractivity (Wildman–Crippen MR) is 76.1 cm³/mol. The highest BCUT2D eigenvalue weighted by atomic mass is 14.9. The summed E-state index contributed by atoms with van der Waals surface area (Å²) in [5, 5.41) is 0. The van der Waals surface area contributed by atoms with Crippen molar-refractivity contribution in [1.29, 1.82) is 0 Å². The van der Waals surface area contributed by atoms with Crippen molar-refractivity contribution in [3.63, 3.8) is 0 Å². The Morgan fingerprint density at radius 1 is 0.944 bits per heavy atom. The maximum Gasteiger partial charge on any atom is -0.0170 e. The third-order valence-electron chi connectivity index (χ3n) is 8.20. The molecule has 4 rings (SSSR count). The molecule has 0 aromatic heterocycles. The first-order valence-corrected chi connectivity index (χ1v) is 8.65. The van der Waals surface area contributed by atoms with Crippen LogP contribution in [0.15, 0.2) is 0 Å². The number of hydrogen-bond donors (Lipinski definition) is 0. The molecular weight excluding hydrogens is 216 g/mol. The van der Waals surface area contributed by atoms with Crippen LogP contribution in [0.1, 0.15) is 59.8 Å². The van der Waals surface area contributed by atoms with Crippen LogP contribution in [-0.2, 0) is 0 Å². The first kappa shape index (κ1) is 11.8. The van der Waals surface area contributed by atoms with Gasteiger partial charge >= 0.3 is 0 Å². The minimum atomic E-state index is 0.857. The molecule has 4 aliphatic carbocycles. The SMILES string of the molecule is CCCCC1C(C)C2C3C(C)C4CCC4C(C)C132. The Balaban J connectivity index is 1.61. The molecule has 0 N–H and O–H groups in total. The van der Waals surface area contributed by atoms with Crippen molar-refractivity contribution < 1.29 is 0 Å². The number of fused-ring (bicyclic) bond motifs is 2. The van der Waals surface area contributed by atoms with Crippen molar-refractivity contribution >= 4 is 0 Å². The van der Waals surface area contributed by atoms with E-state index in [2.05, 4.69) is 27.7 Å². The van der Waals surface area contributed by atoms with E-state index in [1.807, 2.05) is 0 Å². The third kappa shape index (κ3) is 1.03. The zero-order valence-electron chi connectivity index (χ0n) is 12.7. The summed E-state index contributed by atoms with van der Waals surface area (Å²) in [6.45, 7) is 10.2. The summed E-state index contributed by atoms with van der Waals surface area (Å²) in [4.78, 5) is 0. The fraction of sp³-hybridized carbons (Fsp3) is 1.00. The van der Waals surface area contributed by atoms with Crippen molar-refractivity contribution in [2.24, 2.45) is 52.8 Å². The van der Waals surface area contributed by atoms with E-state index in [-0.39, 0.29) is 0 Å². The van der Waals surface area contributed by atoms with Gasteiger partial charge in [-0.25, -0.2) is 0 Å². The van der Waals surface area contributed by atoms with Crippen LogP contribution in [0, 0.1) is 52.8 Å². The quantitative estimate of drug-likeness (QED) is 0.658. The Kier molecular flexibility index (Phi) is 2.33. The van der Waals surface area contributed by atoms with Crippen molar-refractivity contribution in [3.8, 4) is 0 Å². The van der Waals surface area contributed by atoms with Crippen LogP contribution in [0.2, 0.25) is 0 Å². The minimum Gasteiger partial charge on any atom is -0.0654 e. The zero-order valence-corrected chi connectivity index (χ0v) is 12.7. The second kappa shape index (κ2) is 3.55. The van der Waals surface area contributed by atoms with Gasteiger partial charge in [-0.2, -0.15) is 0 Å². The molecule has 102 valence electrons. The average molecular weight is 246 g/mol. The van der Waals surface area contributed by atoms with Crippen molar-refractivity contribution in [1.82, 2.24) is 0 Å². The van der Waals surface area contributed by atoms with Crippen LogP contribution in [0.25, 0.3) is 0 Å². The molecule has 0 radical (unpaired) electrons. The fourth-order valence-electron chi connectivity index (χ4n) is 7.48. The van der Waals surface area contributed by atoms with Gasteiger partial charge in [-0.3, -0.25) is 0 Å². The van der Waals surface area contributed by atoms with Gasteiger partial charge in [-0.1, -0.05) is 40.5 Å². The van der Waals surface area contributed by atoms with Gasteiger partial charge in [0.2, 0.25) is 0 Å². The van der Waals surface area contributed by atoms with E-state index >= 15 is 0 Å². The zero-order chi connectivity index (χ0) is 12.7. The van der Waals surface area contributed by atoms with Gasteiger partial charge in [0, 0.05) is 0 Å². The molecular formula is C18H30. The van der Waals surface area contributed by atoms with E-state index in [0.717, 1.165) is 52.8 Å².